The van der Waals surface area contributed by atoms with Gasteiger partial charge in [0.25, 0.3) is 0 Å². The van der Waals surface area contributed by atoms with Crippen molar-refractivity contribution in [1.82, 2.24) is 10.6 Å². The van der Waals surface area contributed by atoms with Crippen LogP contribution >= 0.6 is 0 Å². The van der Waals surface area contributed by atoms with Gasteiger partial charge in [-0.25, -0.2) is 0 Å². The molecule has 12 heteroatoms. The van der Waals surface area contributed by atoms with Crippen molar-refractivity contribution in [2.45, 2.75) is 114 Å². The number of rotatable bonds is 13. The molecule has 6 rings (SSSR count). The number of phenolic OH excluding ortho intramolecular Hbond substituents is 2. The quantitative estimate of drug-likeness (QED) is 0.136. The number of phenols is 2. The summed E-state index contributed by atoms with van der Waals surface area (Å²) in [5.74, 6) is 0.581. The number of aromatic hydroxyl groups is 2. The average molecular weight is 736 g/mol. The van der Waals surface area contributed by atoms with E-state index in [1.54, 1.807) is 24.3 Å². The van der Waals surface area contributed by atoms with E-state index in [9.17, 15) is 25.2 Å². The fraction of sp³-hybridized carbons (Fsp3) is 0.585. The molecule has 2 aromatic rings. The van der Waals surface area contributed by atoms with E-state index in [1.165, 1.54) is 14.2 Å². The first-order chi connectivity index (χ1) is 25.5. The third-order valence-corrected chi connectivity index (χ3v) is 12.2. The smallest absolute Gasteiger partial charge is 0.310 e. The molecule has 290 valence electrons. The summed E-state index contributed by atoms with van der Waals surface area (Å²) in [4.78, 5) is 13.5. The Balaban J connectivity index is 1.27. The van der Waals surface area contributed by atoms with Crippen LogP contribution in [0.2, 0.25) is 0 Å². The van der Waals surface area contributed by atoms with Crippen molar-refractivity contribution in [3.63, 3.8) is 0 Å². The van der Waals surface area contributed by atoms with Gasteiger partial charge in [-0.05, 0) is 105 Å². The summed E-state index contributed by atoms with van der Waals surface area (Å²) in [6.45, 7) is 2.83. The van der Waals surface area contributed by atoms with Gasteiger partial charge in [-0.3, -0.25) is 4.79 Å². The molecule has 8 N–H and O–H groups in total. The van der Waals surface area contributed by atoms with Crippen LogP contribution < -0.4 is 30.6 Å². The Kier molecular flexibility index (Phi) is 12.0. The van der Waals surface area contributed by atoms with E-state index in [1.807, 2.05) is 12.1 Å². The standard InChI is InChI=1S/C41H57N3O9/c1-25-11-15-41(23-27-12-16-43-37(42)18-27,40(39(48)49)13-5-4-6-14-40)36(44-25)24-52-35-20-28(19-34(51-3)38(35)47)32-22-29(45)21-30(53-32)9-7-26-8-10-31(46)33(17-26)50-2/h8,10,12,17-20,25,29-30,32,36,43-47H,4-7,9,11,13-16,21-24,42H2,1-3H3,(H,48,49). The molecule has 6 atom stereocenters. The molecule has 0 amide bonds. The zero-order valence-corrected chi connectivity index (χ0v) is 31.2. The Bertz CT molecular complexity index is 1670. The minimum absolute atomic E-state index is 0.0799. The minimum Gasteiger partial charge on any atom is -0.504 e. The molecule has 2 aromatic carbocycles. The first kappa shape index (κ1) is 38.6. The minimum atomic E-state index is -0.964. The van der Waals surface area contributed by atoms with Crippen LogP contribution in [0.4, 0.5) is 0 Å². The summed E-state index contributed by atoms with van der Waals surface area (Å²) in [5, 5.41) is 50.3. The number of aliphatic carboxylic acids is 1. The lowest BCUT2D eigenvalue weighted by Gasteiger charge is -2.57. The zero-order valence-electron chi connectivity index (χ0n) is 31.2. The number of allylic oxidation sites excluding steroid dienone is 2. The van der Waals surface area contributed by atoms with E-state index in [0.717, 1.165) is 36.8 Å². The fourth-order valence-corrected chi connectivity index (χ4v) is 9.40. The number of carboxylic acids is 1. The van der Waals surface area contributed by atoms with Crippen molar-refractivity contribution in [3.8, 4) is 28.7 Å². The Hall–Kier alpha value is -4.13. The third kappa shape index (κ3) is 8.19. The number of aryl methyl sites for hydroxylation is 1. The molecule has 6 unspecified atom stereocenters. The molecule has 0 bridgehead atoms. The van der Waals surface area contributed by atoms with Crippen molar-refractivity contribution >= 4 is 5.97 Å². The van der Waals surface area contributed by atoms with Crippen LogP contribution in [0.3, 0.4) is 0 Å². The highest BCUT2D eigenvalue weighted by molar-refractivity contribution is 5.76. The number of carbonyl (C=O) groups is 1. The summed E-state index contributed by atoms with van der Waals surface area (Å²) in [6, 6.07) is 8.53. The Morgan fingerprint density at radius 3 is 2.49 bits per heavy atom. The molecule has 3 aliphatic heterocycles. The number of carboxylic acid groups (broad SMARTS) is 1. The molecule has 53 heavy (non-hydrogen) atoms. The Labute approximate surface area is 312 Å². The Morgan fingerprint density at radius 2 is 1.77 bits per heavy atom. The number of piperidine rings is 1. The maximum Gasteiger partial charge on any atom is 0.310 e. The lowest BCUT2D eigenvalue weighted by Crippen LogP contribution is -2.65. The lowest BCUT2D eigenvalue weighted by molar-refractivity contribution is -0.170. The molecule has 2 saturated heterocycles. The van der Waals surface area contributed by atoms with E-state index >= 15 is 0 Å². The topological polar surface area (TPSA) is 185 Å². The van der Waals surface area contributed by atoms with Gasteiger partial charge in [0.05, 0.1) is 43.8 Å². The monoisotopic (exact) mass is 735 g/mol. The SMILES string of the molecule is COc1cc(CCC2CC(O)CC(c3cc(OC)c(O)c(OCC4NC(C)CCC4(CC4=CCNC(N)=C4)C4(C(=O)O)CCCCC4)c3)O2)ccc1O. The van der Waals surface area contributed by atoms with Crippen molar-refractivity contribution in [2.24, 2.45) is 16.6 Å². The largest absolute Gasteiger partial charge is 0.504 e. The number of aliphatic hydroxyl groups is 1. The van der Waals surface area contributed by atoms with E-state index in [-0.39, 0.29) is 47.8 Å². The zero-order chi connectivity index (χ0) is 37.8. The number of ether oxygens (including phenoxy) is 4. The average Bonchev–Trinajstić information content (AvgIpc) is 3.15. The molecule has 12 nitrogen and oxygen atoms in total. The van der Waals surface area contributed by atoms with Crippen LogP contribution in [0, 0.1) is 10.8 Å². The fourth-order valence-electron chi connectivity index (χ4n) is 9.40. The maximum atomic E-state index is 13.5. The van der Waals surface area contributed by atoms with E-state index in [0.29, 0.717) is 75.0 Å². The Morgan fingerprint density at radius 1 is 1.02 bits per heavy atom. The normalized spacial score (nSPS) is 28.6. The second kappa shape index (κ2) is 16.5. The van der Waals surface area contributed by atoms with E-state index < -0.39 is 29.0 Å². The number of aliphatic hydroxyl groups excluding tert-OH is 1. The van der Waals surface area contributed by atoms with Crippen LogP contribution in [-0.2, 0) is 16.0 Å². The predicted octanol–water partition coefficient (Wildman–Crippen LogP) is 5.59. The van der Waals surface area contributed by atoms with Crippen molar-refractivity contribution in [2.75, 3.05) is 27.4 Å². The molecule has 0 aromatic heterocycles. The van der Waals surface area contributed by atoms with Crippen LogP contribution in [0.25, 0.3) is 0 Å². The van der Waals surface area contributed by atoms with Gasteiger partial charge < -0.3 is 55.7 Å². The van der Waals surface area contributed by atoms with Crippen LogP contribution in [0.5, 0.6) is 28.7 Å². The first-order valence-corrected chi connectivity index (χ1v) is 19.1. The van der Waals surface area contributed by atoms with Gasteiger partial charge >= 0.3 is 5.97 Å². The van der Waals surface area contributed by atoms with Gasteiger partial charge in [0, 0.05) is 30.5 Å². The number of hydrogen-bond donors (Lipinski definition) is 7. The molecule has 4 aliphatic rings. The van der Waals surface area contributed by atoms with Gasteiger partial charge in [0.2, 0.25) is 5.75 Å². The van der Waals surface area contributed by atoms with Gasteiger partial charge in [-0.1, -0.05) is 31.4 Å². The second-order valence-electron chi connectivity index (χ2n) is 15.5. The molecule has 1 aliphatic carbocycles. The molecule has 3 fully saturated rings. The summed E-state index contributed by atoms with van der Waals surface area (Å²) < 4.78 is 24.0. The summed E-state index contributed by atoms with van der Waals surface area (Å²) in [5.41, 5.74) is 7.26. The summed E-state index contributed by atoms with van der Waals surface area (Å²) in [6.07, 6.45) is 10.8. The number of benzene rings is 2. The number of hydrogen-bond acceptors (Lipinski definition) is 11. The van der Waals surface area contributed by atoms with Gasteiger partial charge in [0.15, 0.2) is 23.0 Å². The molecule has 0 spiro atoms. The molecule has 1 saturated carbocycles. The van der Waals surface area contributed by atoms with Crippen molar-refractivity contribution in [1.29, 1.82) is 0 Å². The number of dihydropyridines is 1. The molecule has 0 radical (unpaired) electrons. The van der Waals surface area contributed by atoms with E-state index in [4.69, 9.17) is 24.7 Å². The lowest BCUT2D eigenvalue weighted by atomic mass is 9.49. The molecular formula is C41H57N3O9. The first-order valence-electron chi connectivity index (χ1n) is 19.1. The van der Waals surface area contributed by atoms with Crippen LogP contribution in [-0.4, -0.2) is 78.1 Å². The highest BCUT2D eigenvalue weighted by atomic mass is 16.5. The second-order valence-corrected chi connectivity index (χ2v) is 15.5. The number of nitrogens with two attached hydrogens (primary N) is 1. The van der Waals surface area contributed by atoms with Gasteiger partial charge in [-0.2, -0.15) is 0 Å². The summed E-state index contributed by atoms with van der Waals surface area (Å²) >= 11 is 0. The number of nitrogens with one attached hydrogen (secondary N) is 2. The highest BCUT2D eigenvalue weighted by Crippen LogP contribution is 2.59. The molecular weight excluding hydrogens is 678 g/mol. The molecule has 3 heterocycles. The van der Waals surface area contributed by atoms with Gasteiger partial charge in [-0.15, -0.1) is 0 Å². The third-order valence-electron chi connectivity index (χ3n) is 12.2. The van der Waals surface area contributed by atoms with Crippen molar-refractivity contribution < 1.29 is 44.2 Å². The van der Waals surface area contributed by atoms with Crippen LogP contribution in [0.15, 0.2) is 53.9 Å². The maximum absolute atomic E-state index is 13.5. The highest BCUT2D eigenvalue weighted by Gasteiger charge is 2.61. The number of methoxy groups -OCH3 is 2. The van der Waals surface area contributed by atoms with Gasteiger partial charge in [0.1, 0.15) is 6.61 Å². The van der Waals surface area contributed by atoms with Crippen molar-refractivity contribution in [3.05, 3.63) is 65.0 Å². The predicted molar refractivity (Wildman–Crippen MR) is 200 cm³/mol. The van der Waals surface area contributed by atoms with Crippen LogP contribution in [0.1, 0.15) is 94.8 Å². The summed E-state index contributed by atoms with van der Waals surface area (Å²) in [7, 11) is 3.00. The van der Waals surface area contributed by atoms with E-state index in [2.05, 4.69) is 23.6 Å².